The number of aliphatic hydroxyl groups excluding tert-OH is 2. The van der Waals surface area contributed by atoms with Crippen molar-refractivity contribution in [1.82, 2.24) is 66.8 Å². The first-order valence-corrected chi connectivity index (χ1v) is 32.4. The minimum Gasteiger partial charge on any atom is -0.508 e. The number of aliphatic carboxylic acids is 1. The van der Waals surface area contributed by atoms with E-state index < -0.39 is 114 Å². The number of carboxylic acids is 1. The van der Waals surface area contributed by atoms with E-state index in [9.17, 15) is 58.5 Å². The molecule has 0 saturated heterocycles. The van der Waals surface area contributed by atoms with Crippen LogP contribution >= 0.6 is 68.0 Å². The van der Waals surface area contributed by atoms with Gasteiger partial charge in [-0.25, -0.2) is 39.7 Å². The third kappa shape index (κ3) is 14.7. The first-order valence-electron chi connectivity index (χ1n) is 27.2. The van der Waals surface area contributed by atoms with Crippen molar-refractivity contribution in [3.63, 3.8) is 0 Å². The number of hydrogen-bond donors (Lipinski definition) is 11. The van der Waals surface area contributed by atoms with E-state index in [2.05, 4.69) is 59.7 Å². The van der Waals surface area contributed by atoms with Crippen molar-refractivity contribution in [3.05, 3.63) is 172 Å². The Kier molecular flexibility index (Phi) is 19.8. The van der Waals surface area contributed by atoms with Crippen LogP contribution in [0.15, 0.2) is 118 Å². The Morgan fingerprint density at radius 3 is 1.96 bits per heavy atom. The van der Waals surface area contributed by atoms with Crippen LogP contribution in [0.5, 0.6) is 5.75 Å². The van der Waals surface area contributed by atoms with E-state index in [-0.39, 0.29) is 77.1 Å². The third-order valence-corrected chi connectivity index (χ3v) is 19.4. The Balaban J connectivity index is 1.06. The second-order valence-electron chi connectivity index (χ2n) is 20.3. The summed E-state index contributed by atoms with van der Waals surface area (Å²) in [6.45, 7) is 8.94. The molecule has 2 aromatic carbocycles. The van der Waals surface area contributed by atoms with Gasteiger partial charge < -0.3 is 58.1 Å². The molecule has 470 valence electrons. The van der Waals surface area contributed by atoms with Crippen LogP contribution in [0.25, 0.3) is 43.4 Å². The van der Waals surface area contributed by atoms with E-state index >= 15 is 0 Å². The highest BCUT2D eigenvalue weighted by atomic mass is 32.1. The molecule has 7 amide bonds. The minimum atomic E-state index is -1.50. The highest BCUT2D eigenvalue weighted by Crippen LogP contribution is 2.40. The van der Waals surface area contributed by atoms with Gasteiger partial charge >= 0.3 is 5.97 Å². The van der Waals surface area contributed by atoms with E-state index in [4.69, 9.17) is 25.8 Å². The second kappa shape index (κ2) is 28.0. The van der Waals surface area contributed by atoms with Gasteiger partial charge in [0.25, 0.3) is 29.5 Å². The van der Waals surface area contributed by atoms with Crippen molar-refractivity contribution >= 4 is 121 Å². The topological polar surface area (TPSA) is 423 Å². The van der Waals surface area contributed by atoms with Crippen LogP contribution in [0.4, 0.5) is 0 Å². The number of carbonyl (C=O) groups excluding carboxylic acids is 8. The average Bonchev–Trinajstić information content (AvgIpc) is 1.61. The molecule has 33 heteroatoms. The number of fused-ring (bicyclic) bond motifs is 14. The maximum atomic E-state index is 14.8. The van der Waals surface area contributed by atoms with Crippen molar-refractivity contribution in [2.75, 3.05) is 6.61 Å². The molecule has 10 rings (SSSR count). The van der Waals surface area contributed by atoms with Crippen LogP contribution in [0.3, 0.4) is 0 Å². The van der Waals surface area contributed by atoms with Gasteiger partial charge in [0.2, 0.25) is 11.8 Å². The summed E-state index contributed by atoms with van der Waals surface area (Å²) in [6, 6.07) is 12.4. The fourth-order valence-corrected chi connectivity index (χ4v) is 14.3. The molecule has 1 aliphatic rings. The standard InChI is InChI=1S/C59H50N14O13S6/c1-24(40(76)18-74)42-57-70-39(23-91-57)55-66-35(19-88-55)44-31(14-15-32(63-44)54-68-36(21-89-54)49(81)61-25(2)47(79)62-26(3)59(85)86)53-67-37(20-87-53)51(83)65-34(17-41(60)77)56-73-43(27(4)92-56)52(84)72-45(46(78)29-8-6-5-7-9-29)58-69-38(22-90-58)50(82)64-33(48(80)71-42)16-28-10-12-30(75)13-11-28/h5-15,19-24,33-34,42,45-46,74-75,78H,2-3,16-18H2,1,4H3,(H2,60,77)(H,61,81)(H,62,79)(H,64,82)(H,65,83)(H,71,80)(H,72,84)(H,85,86)/t24-,33-,34-,42-,45-,46+/m0/s1. The zero-order valence-electron chi connectivity index (χ0n) is 47.9. The molecule has 7 aromatic heterocycles. The highest BCUT2D eigenvalue weighted by Gasteiger charge is 2.36. The molecular formula is C59H50N14O13S6. The van der Waals surface area contributed by atoms with Crippen LogP contribution in [-0.2, 0) is 30.4 Å². The molecule has 27 nitrogen and oxygen atoms in total. The number of hydrogen-bond acceptors (Lipinski definition) is 25. The van der Waals surface area contributed by atoms with Gasteiger partial charge in [0.15, 0.2) is 5.78 Å². The molecule has 0 unspecified atom stereocenters. The van der Waals surface area contributed by atoms with E-state index in [0.717, 1.165) is 68.0 Å². The lowest BCUT2D eigenvalue weighted by Crippen LogP contribution is -2.50. The smallest absolute Gasteiger partial charge is 0.351 e. The number of nitrogens with one attached hydrogen (secondary N) is 6. The number of pyridine rings is 1. The van der Waals surface area contributed by atoms with Gasteiger partial charge in [-0.2, -0.15) is 0 Å². The summed E-state index contributed by atoms with van der Waals surface area (Å²) in [5, 5.41) is 65.6. The van der Waals surface area contributed by atoms with Gasteiger partial charge in [-0.15, -0.1) is 68.0 Å². The second-order valence-corrected chi connectivity index (χ2v) is 25.9. The zero-order chi connectivity index (χ0) is 65.7. The number of carbonyl (C=O) groups is 9. The first-order chi connectivity index (χ1) is 44.0. The Labute approximate surface area is 544 Å². The predicted molar refractivity (Wildman–Crippen MR) is 340 cm³/mol. The molecule has 8 heterocycles. The fraction of sp³-hybridized carbons (Fsp3) is 0.186. The summed E-state index contributed by atoms with van der Waals surface area (Å²) in [7, 11) is 0. The van der Waals surface area contributed by atoms with E-state index in [1.165, 1.54) is 35.2 Å². The van der Waals surface area contributed by atoms with Crippen molar-refractivity contribution < 1.29 is 63.6 Å². The van der Waals surface area contributed by atoms with Crippen LogP contribution in [-0.4, -0.2) is 121 Å². The van der Waals surface area contributed by atoms with Gasteiger partial charge in [0, 0.05) is 49.7 Å². The lowest BCUT2D eigenvalue weighted by atomic mass is 9.96. The van der Waals surface area contributed by atoms with Crippen molar-refractivity contribution in [3.8, 4) is 49.1 Å². The molecule has 12 N–H and O–H groups in total. The summed E-state index contributed by atoms with van der Waals surface area (Å²) in [6.07, 6.45) is -2.07. The van der Waals surface area contributed by atoms with Gasteiger partial charge in [0.05, 0.1) is 29.9 Å². The first kappa shape index (κ1) is 65.0. The molecular weight excluding hydrogens is 1310 g/mol. The molecule has 0 saturated carbocycles. The third-order valence-electron chi connectivity index (χ3n) is 13.9. The molecule has 92 heavy (non-hydrogen) atoms. The monoisotopic (exact) mass is 1350 g/mol. The van der Waals surface area contributed by atoms with Crippen molar-refractivity contribution in [1.29, 1.82) is 0 Å². The lowest BCUT2D eigenvalue weighted by Gasteiger charge is -2.25. The Morgan fingerprint density at radius 1 is 0.630 bits per heavy atom. The summed E-state index contributed by atoms with van der Waals surface area (Å²) >= 11 is 6.21. The normalized spacial score (nSPS) is 16.7. The van der Waals surface area contributed by atoms with Gasteiger partial charge in [-0.05, 0) is 42.3 Å². The molecule has 0 fully saturated rings. The Bertz CT molecular complexity index is 4400. The number of thiazole rings is 6. The maximum Gasteiger partial charge on any atom is 0.351 e. The number of carboxylic acid groups (broad SMARTS) is 1. The summed E-state index contributed by atoms with van der Waals surface area (Å²) in [5.41, 5.74) is 6.19. The Hall–Kier alpha value is -10.00. The average molecular weight is 1360 g/mol. The van der Waals surface area contributed by atoms with E-state index in [1.54, 1.807) is 72.3 Å². The number of nitrogens with two attached hydrogens (primary N) is 1. The molecule has 6 atom stereocenters. The van der Waals surface area contributed by atoms with Crippen LogP contribution < -0.4 is 37.6 Å². The molecule has 0 spiro atoms. The van der Waals surface area contributed by atoms with E-state index in [1.807, 2.05) is 5.32 Å². The lowest BCUT2D eigenvalue weighted by molar-refractivity contribution is -0.134. The number of ketones is 1. The largest absolute Gasteiger partial charge is 0.508 e. The van der Waals surface area contributed by atoms with Crippen LogP contribution in [0, 0.1) is 12.8 Å². The van der Waals surface area contributed by atoms with E-state index in [0.29, 0.717) is 32.3 Å². The summed E-state index contributed by atoms with van der Waals surface area (Å²) < 4.78 is 0. The minimum absolute atomic E-state index is 0.0620. The number of phenolic OH excluding ortho intramolecular Hbond substituents is 1. The number of primary amides is 1. The SMILES string of the molecule is C=C(NC(=O)C(=C)NC(=O)c1csc(-c2ccc3c(n2)-c2csc(n2)-c2csc(n2)[C@H]([C@@H](C)C(=O)CO)NC(=O)[C@H](Cc2ccc(O)cc2)NC(=O)c2csc(n2)[C@H]([C@H](O)c2ccccc2)NC(=O)c2nc(sc2C)[C@H](CC(N)=O)NC(=O)c2csc-3n2)n1)C(=O)O. The van der Waals surface area contributed by atoms with Gasteiger partial charge in [-0.3, -0.25) is 38.4 Å². The van der Waals surface area contributed by atoms with Crippen LogP contribution in [0.1, 0.15) is 111 Å². The Morgan fingerprint density at radius 2 is 1.25 bits per heavy atom. The molecule has 1 aliphatic heterocycles. The number of aliphatic hydroxyl groups is 2. The number of aromatic nitrogens is 7. The van der Waals surface area contributed by atoms with Gasteiger partial charge in [-0.1, -0.05) is 62.5 Å². The number of nitrogens with zero attached hydrogens (tertiary/aromatic N) is 7. The number of rotatable bonds is 15. The number of aryl methyl sites for hydroxylation is 1. The summed E-state index contributed by atoms with van der Waals surface area (Å²) in [5.74, 6) is -9.21. The van der Waals surface area contributed by atoms with Gasteiger partial charge in [0.1, 0.15) is 106 Å². The summed E-state index contributed by atoms with van der Waals surface area (Å²) in [4.78, 5) is 154. The zero-order valence-corrected chi connectivity index (χ0v) is 52.8. The van der Waals surface area contributed by atoms with Crippen molar-refractivity contribution in [2.24, 2.45) is 11.7 Å². The molecule has 0 aliphatic carbocycles. The highest BCUT2D eigenvalue weighted by molar-refractivity contribution is 7.15. The predicted octanol–water partition coefficient (Wildman–Crippen LogP) is 5.72. The number of Topliss-reactive ketones (excluding diaryl/α,β-unsaturated/α-hetero) is 1. The quantitative estimate of drug-likeness (QED) is 0.0546. The number of amides is 7. The molecule has 10 bridgehead atoms. The number of benzene rings is 2. The maximum absolute atomic E-state index is 14.8. The fourth-order valence-electron chi connectivity index (χ4n) is 9.06. The van der Waals surface area contributed by atoms with Crippen molar-refractivity contribution in [2.45, 2.75) is 57.0 Å². The molecule has 0 radical (unpaired) electrons. The number of phenols is 1. The van der Waals surface area contributed by atoms with Crippen LogP contribution in [0.2, 0.25) is 0 Å². The molecule has 9 aromatic rings. The number of aromatic hydroxyl groups is 1.